The van der Waals surface area contributed by atoms with Crippen molar-refractivity contribution in [3.63, 3.8) is 0 Å². The maximum atomic E-state index is 13.6. The minimum absolute atomic E-state index is 0.0195. The van der Waals surface area contributed by atoms with Crippen molar-refractivity contribution in [1.29, 1.82) is 0 Å². The third-order valence-electron chi connectivity index (χ3n) is 8.75. The topological polar surface area (TPSA) is 20.3 Å². The third-order valence-corrected chi connectivity index (χ3v) is 8.75. The van der Waals surface area contributed by atoms with E-state index in [9.17, 15) is 4.79 Å². The monoisotopic (exact) mass is 321 g/mol. The fourth-order valence-corrected chi connectivity index (χ4v) is 8.24. The summed E-state index contributed by atoms with van der Waals surface area (Å²) in [5.41, 5.74) is 2.31. The van der Waals surface area contributed by atoms with Gasteiger partial charge in [0, 0.05) is 18.5 Å². The van der Waals surface area contributed by atoms with Gasteiger partial charge in [-0.1, -0.05) is 30.3 Å². The standard InChI is InChI=1S/C22H27NO/c24-19(23-8-4-5-9-23)20-11-16-10-18-13-22(15-20,21(18,12-16)14-20)17-6-2-1-3-7-17/h1-3,6-7,16,18H,4-5,8-15H2. The Morgan fingerprint density at radius 2 is 1.79 bits per heavy atom. The lowest BCUT2D eigenvalue weighted by molar-refractivity contribution is -0.143. The predicted molar refractivity (Wildman–Crippen MR) is 93.5 cm³/mol. The summed E-state index contributed by atoms with van der Waals surface area (Å²) in [5, 5.41) is 0. The van der Waals surface area contributed by atoms with Gasteiger partial charge < -0.3 is 4.90 Å². The molecule has 4 aliphatic carbocycles. The first-order valence-corrected chi connectivity index (χ1v) is 10.0. The molecule has 1 aliphatic heterocycles. The fourth-order valence-electron chi connectivity index (χ4n) is 8.24. The van der Waals surface area contributed by atoms with E-state index in [1.165, 1.54) is 44.9 Å². The molecule has 1 heterocycles. The van der Waals surface area contributed by atoms with E-state index in [1.54, 1.807) is 5.56 Å². The average molecular weight is 321 g/mol. The van der Waals surface area contributed by atoms with Gasteiger partial charge in [0.25, 0.3) is 0 Å². The van der Waals surface area contributed by atoms with Crippen LogP contribution in [0.2, 0.25) is 0 Å². The summed E-state index contributed by atoms with van der Waals surface area (Å²) in [5.74, 6) is 2.26. The Balaban J connectivity index is 1.46. The number of rotatable bonds is 2. The van der Waals surface area contributed by atoms with Crippen LogP contribution in [0.15, 0.2) is 30.3 Å². The highest BCUT2D eigenvalue weighted by Crippen LogP contribution is 2.84. The molecule has 5 unspecified atom stereocenters. The molecule has 6 rings (SSSR count). The minimum Gasteiger partial charge on any atom is -0.342 e. The normalized spacial score (nSPS) is 47.8. The molecule has 2 heteroatoms. The number of fused-ring (bicyclic) bond motifs is 2. The molecule has 1 amide bonds. The molecule has 1 aromatic carbocycles. The number of likely N-dealkylation sites (tertiary alicyclic amines) is 1. The Kier molecular flexibility index (Phi) is 2.47. The number of carbonyl (C=O) groups excluding carboxylic acids is 1. The van der Waals surface area contributed by atoms with Gasteiger partial charge in [0.15, 0.2) is 0 Å². The second-order valence-electron chi connectivity index (χ2n) is 9.65. The molecule has 0 radical (unpaired) electrons. The first kappa shape index (κ1) is 13.9. The van der Waals surface area contributed by atoms with Crippen molar-refractivity contribution in [2.45, 2.75) is 56.8 Å². The zero-order valence-corrected chi connectivity index (χ0v) is 14.5. The molecule has 24 heavy (non-hydrogen) atoms. The van der Waals surface area contributed by atoms with Crippen LogP contribution in [0.1, 0.15) is 56.9 Å². The zero-order chi connectivity index (χ0) is 16.0. The summed E-state index contributed by atoms with van der Waals surface area (Å²) in [7, 11) is 0. The number of carbonyl (C=O) groups is 1. The molecule has 0 aromatic heterocycles. The van der Waals surface area contributed by atoms with Crippen LogP contribution in [0.25, 0.3) is 0 Å². The number of amides is 1. The van der Waals surface area contributed by atoms with Gasteiger partial charge in [0.1, 0.15) is 0 Å². The average Bonchev–Trinajstić information content (AvgIpc) is 3.23. The zero-order valence-electron chi connectivity index (χ0n) is 14.5. The molecule has 126 valence electrons. The van der Waals surface area contributed by atoms with Gasteiger partial charge in [0.05, 0.1) is 5.41 Å². The van der Waals surface area contributed by atoms with Crippen molar-refractivity contribution >= 4 is 5.91 Å². The van der Waals surface area contributed by atoms with E-state index in [0.29, 0.717) is 16.7 Å². The highest BCUT2D eigenvalue weighted by atomic mass is 16.2. The summed E-state index contributed by atoms with van der Waals surface area (Å²) in [6, 6.07) is 11.3. The molecule has 3 bridgehead atoms. The van der Waals surface area contributed by atoms with Crippen molar-refractivity contribution in [3.05, 3.63) is 35.9 Å². The summed E-state index contributed by atoms with van der Waals surface area (Å²) < 4.78 is 0. The van der Waals surface area contributed by atoms with Crippen LogP contribution >= 0.6 is 0 Å². The van der Waals surface area contributed by atoms with E-state index in [-0.39, 0.29) is 5.41 Å². The molecule has 0 N–H and O–H groups in total. The van der Waals surface area contributed by atoms with Crippen LogP contribution in [0.4, 0.5) is 0 Å². The molecule has 2 nitrogen and oxygen atoms in total. The largest absolute Gasteiger partial charge is 0.342 e. The smallest absolute Gasteiger partial charge is 0.228 e. The first-order valence-electron chi connectivity index (χ1n) is 10.0. The van der Waals surface area contributed by atoms with Gasteiger partial charge in [0.2, 0.25) is 5.91 Å². The maximum Gasteiger partial charge on any atom is 0.228 e. The molecule has 1 saturated heterocycles. The molecular formula is C22H27NO. The van der Waals surface area contributed by atoms with Gasteiger partial charge in [-0.2, -0.15) is 0 Å². The number of nitrogens with zero attached hydrogens (tertiary/aromatic N) is 1. The van der Waals surface area contributed by atoms with Crippen molar-refractivity contribution in [3.8, 4) is 0 Å². The third kappa shape index (κ3) is 1.40. The van der Waals surface area contributed by atoms with Crippen molar-refractivity contribution in [2.24, 2.45) is 22.7 Å². The molecular weight excluding hydrogens is 294 g/mol. The van der Waals surface area contributed by atoms with Crippen LogP contribution in [0, 0.1) is 22.7 Å². The van der Waals surface area contributed by atoms with Crippen LogP contribution in [0.3, 0.4) is 0 Å². The Labute approximate surface area is 144 Å². The van der Waals surface area contributed by atoms with Gasteiger partial charge >= 0.3 is 0 Å². The lowest BCUT2D eigenvalue weighted by atomic mass is 9.44. The first-order chi connectivity index (χ1) is 11.7. The SMILES string of the molecule is O=C(N1CCCC1)C12CC3CC4CC(c5ccccc5)(C1)C4(C3)C2. The molecule has 4 saturated carbocycles. The summed E-state index contributed by atoms with van der Waals surface area (Å²) in [4.78, 5) is 15.8. The second kappa shape index (κ2) is 4.26. The van der Waals surface area contributed by atoms with E-state index in [1.807, 2.05) is 0 Å². The lowest BCUT2D eigenvalue weighted by Crippen LogP contribution is -2.55. The Hall–Kier alpha value is -1.31. The van der Waals surface area contributed by atoms with E-state index < -0.39 is 0 Å². The van der Waals surface area contributed by atoms with Crippen molar-refractivity contribution in [1.82, 2.24) is 4.90 Å². The lowest BCUT2D eigenvalue weighted by Gasteiger charge is -2.59. The molecule has 5 atom stereocenters. The van der Waals surface area contributed by atoms with E-state index in [0.717, 1.165) is 31.3 Å². The Bertz CT molecular complexity index is 708. The molecule has 1 spiro atoms. The second-order valence-corrected chi connectivity index (χ2v) is 9.65. The van der Waals surface area contributed by atoms with E-state index >= 15 is 0 Å². The summed E-state index contributed by atoms with van der Waals surface area (Å²) in [6.45, 7) is 2.03. The van der Waals surface area contributed by atoms with Crippen LogP contribution < -0.4 is 0 Å². The van der Waals surface area contributed by atoms with E-state index in [4.69, 9.17) is 0 Å². The van der Waals surface area contributed by atoms with Gasteiger partial charge in [-0.3, -0.25) is 4.79 Å². The van der Waals surface area contributed by atoms with E-state index in [2.05, 4.69) is 35.2 Å². The van der Waals surface area contributed by atoms with Crippen LogP contribution in [0.5, 0.6) is 0 Å². The highest BCUT2D eigenvalue weighted by Gasteiger charge is 2.79. The van der Waals surface area contributed by atoms with Crippen molar-refractivity contribution in [2.75, 3.05) is 13.1 Å². The number of benzene rings is 1. The van der Waals surface area contributed by atoms with Gasteiger partial charge in [-0.15, -0.1) is 0 Å². The highest BCUT2D eigenvalue weighted by molar-refractivity contribution is 5.84. The number of hydrogen-bond acceptors (Lipinski definition) is 1. The number of hydrogen-bond donors (Lipinski definition) is 0. The maximum absolute atomic E-state index is 13.6. The molecule has 5 fully saturated rings. The molecule has 1 aromatic rings. The quantitative estimate of drug-likeness (QED) is 0.801. The Morgan fingerprint density at radius 1 is 1.00 bits per heavy atom. The van der Waals surface area contributed by atoms with Crippen LogP contribution in [-0.2, 0) is 10.2 Å². The van der Waals surface area contributed by atoms with Gasteiger partial charge in [-0.05, 0) is 74.2 Å². The molecule has 5 aliphatic rings. The van der Waals surface area contributed by atoms with Crippen molar-refractivity contribution < 1.29 is 4.79 Å². The summed E-state index contributed by atoms with van der Waals surface area (Å²) >= 11 is 0. The van der Waals surface area contributed by atoms with Crippen LogP contribution in [-0.4, -0.2) is 23.9 Å². The Morgan fingerprint density at radius 3 is 2.58 bits per heavy atom. The van der Waals surface area contributed by atoms with Gasteiger partial charge in [-0.25, -0.2) is 0 Å². The minimum atomic E-state index is -0.0195. The summed E-state index contributed by atoms with van der Waals surface area (Å²) in [6.07, 6.45) is 10.1. The fraction of sp³-hybridized carbons (Fsp3) is 0.682. The predicted octanol–water partition coefficient (Wildman–Crippen LogP) is 4.15.